The predicted octanol–water partition coefficient (Wildman–Crippen LogP) is 3.37. The van der Waals surface area contributed by atoms with Crippen molar-refractivity contribution in [3.63, 3.8) is 0 Å². The van der Waals surface area contributed by atoms with Gasteiger partial charge in [-0.2, -0.15) is 0 Å². The molecule has 0 amide bonds. The van der Waals surface area contributed by atoms with Crippen molar-refractivity contribution in [3.8, 4) is 17.2 Å². The van der Waals surface area contributed by atoms with Gasteiger partial charge in [-0.15, -0.1) is 0 Å². The summed E-state index contributed by atoms with van der Waals surface area (Å²) in [5.74, 6) is 1.67. The monoisotopic (exact) mass is 363 g/mol. The van der Waals surface area contributed by atoms with Crippen molar-refractivity contribution in [1.29, 1.82) is 0 Å². The third kappa shape index (κ3) is 3.29. The number of rotatable bonds is 4. The lowest BCUT2D eigenvalue weighted by atomic mass is 10.1. The second-order valence-electron chi connectivity index (χ2n) is 5.95. The molecule has 2 aromatic carbocycles. The lowest BCUT2D eigenvalue weighted by Gasteiger charge is -2.15. The van der Waals surface area contributed by atoms with Crippen LogP contribution in [0.5, 0.6) is 17.2 Å². The fourth-order valence-corrected chi connectivity index (χ4v) is 2.89. The number of hydrogen-bond donors (Lipinski definition) is 0. The van der Waals surface area contributed by atoms with Gasteiger partial charge in [-0.05, 0) is 42.0 Å². The van der Waals surface area contributed by atoms with E-state index in [1.165, 1.54) is 0 Å². The molecular formula is C21H17NO5. The van der Waals surface area contributed by atoms with Crippen LogP contribution in [0.3, 0.4) is 0 Å². The van der Waals surface area contributed by atoms with Gasteiger partial charge in [0.15, 0.2) is 17.2 Å². The van der Waals surface area contributed by atoms with Gasteiger partial charge in [-0.25, -0.2) is 9.79 Å². The first-order chi connectivity index (χ1) is 13.2. The first-order valence-corrected chi connectivity index (χ1v) is 8.35. The standard InChI is InChI=1S/C21H17NO5/c1-24-18-8-7-15(11-19(18)25-2)20-22-16(21(23)27-20)10-13-9-14-5-3-4-6-17(14)26-12-13/h3-11H,12H2,1-2H3/b16-10-. The molecule has 0 saturated carbocycles. The van der Waals surface area contributed by atoms with E-state index in [0.29, 0.717) is 23.7 Å². The van der Waals surface area contributed by atoms with Gasteiger partial charge in [-0.1, -0.05) is 18.2 Å². The number of aliphatic imine (C=N–C) groups is 1. The van der Waals surface area contributed by atoms with Gasteiger partial charge >= 0.3 is 5.97 Å². The van der Waals surface area contributed by atoms with Gasteiger partial charge < -0.3 is 18.9 Å². The fourth-order valence-electron chi connectivity index (χ4n) is 2.89. The number of ether oxygens (including phenoxy) is 4. The number of hydrogen-bond acceptors (Lipinski definition) is 6. The molecule has 0 N–H and O–H groups in total. The summed E-state index contributed by atoms with van der Waals surface area (Å²) in [7, 11) is 3.10. The Morgan fingerprint density at radius 3 is 2.70 bits per heavy atom. The zero-order valence-electron chi connectivity index (χ0n) is 14.9. The predicted molar refractivity (Wildman–Crippen MR) is 100 cm³/mol. The molecule has 2 aliphatic rings. The molecule has 0 radical (unpaired) electrons. The Morgan fingerprint density at radius 1 is 1.07 bits per heavy atom. The summed E-state index contributed by atoms with van der Waals surface area (Å²) >= 11 is 0. The molecule has 2 aromatic rings. The zero-order chi connectivity index (χ0) is 18.8. The van der Waals surface area contributed by atoms with Crippen molar-refractivity contribution in [1.82, 2.24) is 0 Å². The summed E-state index contributed by atoms with van der Waals surface area (Å²) in [6.45, 7) is 0.370. The van der Waals surface area contributed by atoms with Crippen molar-refractivity contribution in [3.05, 3.63) is 70.9 Å². The van der Waals surface area contributed by atoms with Crippen LogP contribution in [0.25, 0.3) is 6.08 Å². The second kappa shape index (κ2) is 6.99. The number of methoxy groups -OCH3 is 2. The molecule has 0 saturated heterocycles. The highest BCUT2D eigenvalue weighted by Crippen LogP contribution is 2.30. The average Bonchev–Trinajstić information content (AvgIpc) is 3.07. The van der Waals surface area contributed by atoms with Crippen molar-refractivity contribution >= 4 is 17.9 Å². The lowest BCUT2D eigenvalue weighted by Crippen LogP contribution is -2.08. The van der Waals surface area contributed by atoms with Crippen LogP contribution in [0, 0.1) is 0 Å². The number of para-hydroxylation sites is 1. The van der Waals surface area contributed by atoms with Crippen LogP contribution in [0.1, 0.15) is 11.1 Å². The quantitative estimate of drug-likeness (QED) is 0.615. The Hall–Kier alpha value is -3.54. The molecule has 27 heavy (non-hydrogen) atoms. The number of carbonyl (C=O) groups is 1. The van der Waals surface area contributed by atoms with Gasteiger partial charge in [0, 0.05) is 11.1 Å². The lowest BCUT2D eigenvalue weighted by molar-refractivity contribution is -0.130. The minimum absolute atomic E-state index is 0.227. The van der Waals surface area contributed by atoms with Gasteiger partial charge in [0.25, 0.3) is 0 Å². The Bertz CT molecular complexity index is 1000. The molecule has 0 fully saturated rings. The molecule has 0 spiro atoms. The van der Waals surface area contributed by atoms with E-state index in [1.54, 1.807) is 38.5 Å². The molecule has 2 heterocycles. The molecular weight excluding hydrogens is 346 g/mol. The number of carbonyl (C=O) groups excluding carboxylic acids is 1. The molecule has 0 atom stereocenters. The summed E-state index contributed by atoms with van der Waals surface area (Å²) in [5.41, 5.74) is 2.67. The van der Waals surface area contributed by atoms with Gasteiger partial charge in [-0.3, -0.25) is 0 Å². The summed E-state index contributed by atoms with van der Waals surface area (Å²) < 4.78 is 21.5. The smallest absolute Gasteiger partial charge is 0.363 e. The molecule has 0 aromatic heterocycles. The van der Waals surface area contributed by atoms with Gasteiger partial charge in [0.2, 0.25) is 5.90 Å². The number of benzene rings is 2. The van der Waals surface area contributed by atoms with E-state index < -0.39 is 5.97 Å². The number of esters is 1. The maximum Gasteiger partial charge on any atom is 0.363 e. The molecule has 0 unspecified atom stereocenters. The van der Waals surface area contributed by atoms with E-state index in [1.807, 2.05) is 30.3 Å². The summed E-state index contributed by atoms with van der Waals surface area (Å²) in [6.07, 6.45) is 3.66. The maximum atomic E-state index is 12.2. The number of fused-ring (bicyclic) bond motifs is 1. The topological polar surface area (TPSA) is 66.4 Å². The van der Waals surface area contributed by atoms with Gasteiger partial charge in [0.1, 0.15) is 12.4 Å². The maximum absolute atomic E-state index is 12.2. The highest BCUT2D eigenvalue weighted by Gasteiger charge is 2.25. The molecule has 136 valence electrons. The molecule has 4 rings (SSSR count). The Labute approximate surface area is 156 Å². The Balaban J connectivity index is 1.64. The highest BCUT2D eigenvalue weighted by molar-refractivity contribution is 6.11. The molecule has 0 bridgehead atoms. The van der Waals surface area contributed by atoms with Crippen LogP contribution in [-0.4, -0.2) is 32.7 Å². The first kappa shape index (κ1) is 16.9. The van der Waals surface area contributed by atoms with E-state index in [4.69, 9.17) is 18.9 Å². The largest absolute Gasteiger partial charge is 0.493 e. The van der Waals surface area contributed by atoms with Crippen LogP contribution in [0.15, 0.2) is 64.8 Å². The molecule has 2 aliphatic heterocycles. The SMILES string of the molecule is COc1ccc(C2=N/C(=C\C3=Cc4ccccc4OC3)C(=O)O2)cc1OC. The van der Waals surface area contributed by atoms with Crippen LogP contribution in [-0.2, 0) is 9.53 Å². The molecule has 6 heteroatoms. The summed E-state index contributed by atoms with van der Waals surface area (Å²) in [6, 6.07) is 12.9. The van der Waals surface area contributed by atoms with E-state index >= 15 is 0 Å². The average molecular weight is 363 g/mol. The first-order valence-electron chi connectivity index (χ1n) is 8.35. The van der Waals surface area contributed by atoms with Crippen LogP contribution < -0.4 is 14.2 Å². The van der Waals surface area contributed by atoms with E-state index in [-0.39, 0.29) is 11.6 Å². The van der Waals surface area contributed by atoms with Gasteiger partial charge in [0.05, 0.1) is 14.2 Å². The van der Waals surface area contributed by atoms with E-state index in [2.05, 4.69) is 4.99 Å². The zero-order valence-corrected chi connectivity index (χ0v) is 14.9. The second-order valence-corrected chi connectivity index (χ2v) is 5.95. The number of cyclic esters (lactones) is 1. The van der Waals surface area contributed by atoms with Crippen molar-refractivity contribution in [2.75, 3.05) is 20.8 Å². The Morgan fingerprint density at radius 2 is 1.89 bits per heavy atom. The normalized spacial score (nSPS) is 16.8. The summed E-state index contributed by atoms with van der Waals surface area (Å²) in [4.78, 5) is 16.6. The minimum Gasteiger partial charge on any atom is -0.493 e. The summed E-state index contributed by atoms with van der Waals surface area (Å²) in [5, 5.41) is 0. The highest BCUT2D eigenvalue weighted by atomic mass is 16.6. The Kier molecular flexibility index (Phi) is 4.38. The molecule has 6 nitrogen and oxygen atoms in total. The third-order valence-electron chi connectivity index (χ3n) is 4.23. The van der Waals surface area contributed by atoms with Crippen molar-refractivity contribution < 1.29 is 23.7 Å². The van der Waals surface area contributed by atoms with Crippen molar-refractivity contribution in [2.24, 2.45) is 4.99 Å². The van der Waals surface area contributed by atoms with E-state index in [0.717, 1.165) is 16.9 Å². The minimum atomic E-state index is -0.500. The van der Waals surface area contributed by atoms with Crippen LogP contribution >= 0.6 is 0 Å². The van der Waals surface area contributed by atoms with Crippen LogP contribution in [0.4, 0.5) is 0 Å². The fraction of sp³-hybridized carbons (Fsp3) is 0.143. The third-order valence-corrected chi connectivity index (χ3v) is 4.23. The molecule has 0 aliphatic carbocycles. The van der Waals surface area contributed by atoms with Crippen molar-refractivity contribution in [2.45, 2.75) is 0 Å². The van der Waals surface area contributed by atoms with E-state index in [9.17, 15) is 4.79 Å². The van der Waals surface area contributed by atoms with Crippen LogP contribution in [0.2, 0.25) is 0 Å². The number of nitrogens with zero attached hydrogens (tertiary/aromatic N) is 1.